The molecule has 0 fully saturated rings. The number of rotatable bonds is 1. The largest absolute Gasteiger partial charge is 0.493 e. The number of hydrogen-bond acceptors (Lipinski definition) is 1. The molecule has 0 N–H and O–H groups in total. The summed E-state index contributed by atoms with van der Waals surface area (Å²) < 4.78 is 7.30. The van der Waals surface area contributed by atoms with Crippen LogP contribution in [-0.4, -0.2) is 6.61 Å². The summed E-state index contributed by atoms with van der Waals surface area (Å²) in [5.74, 6) is 1.05. The van der Waals surface area contributed by atoms with Gasteiger partial charge in [0.2, 0.25) is 0 Å². The summed E-state index contributed by atoms with van der Waals surface area (Å²) in [6.45, 7) is 0.795. The zero-order valence-corrected chi connectivity index (χ0v) is 15.3. The Hall–Kier alpha value is -2.58. The Labute approximate surface area is 156 Å². The van der Waals surface area contributed by atoms with Crippen LogP contribution in [0.25, 0.3) is 21.5 Å². The Kier molecular flexibility index (Phi) is 3.99. The zero-order valence-electron chi connectivity index (χ0n) is 14.4. The molecular weight excluding hydrogens is 336 g/mol. The second kappa shape index (κ2) is 6.62. The monoisotopic (exact) mass is 356 g/mol. The molecule has 1 heterocycles. The molecule has 4 aromatic carbocycles. The van der Waals surface area contributed by atoms with Gasteiger partial charge in [0.1, 0.15) is 5.75 Å². The predicted molar refractivity (Wildman–Crippen MR) is 113 cm³/mol. The van der Waals surface area contributed by atoms with E-state index >= 15 is 0 Å². The van der Waals surface area contributed by atoms with Crippen LogP contribution in [0, 0.1) is 4.51 Å². The van der Waals surface area contributed by atoms with E-state index in [0.717, 1.165) is 18.8 Å². The molecule has 128 valence electrons. The van der Waals surface area contributed by atoms with E-state index in [4.69, 9.17) is 4.74 Å². The molecule has 0 saturated carbocycles. The lowest BCUT2D eigenvalue weighted by Crippen LogP contribution is -2.10. The van der Waals surface area contributed by atoms with Gasteiger partial charge in [0.25, 0.3) is 0 Å². The molecule has 0 saturated heterocycles. The van der Waals surface area contributed by atoms with Gasteiger partial charge in [0, 0.05) is 15.3 Å². The van der Waals surface area contributed by atoms with Crippen LogP contribution in [0.1, 0.15) is 17.2 Å². The maximum Gasteiger partial charge on any atom is 0.123 e. The van der Waals surface area contributed by atoms with Crippen LogP contribution in [-0.2, 0) is 0 Å². The van der Waals surface area contributed by atoms with Crippen LogP contribution in [0.2, 0.25) is 0 Å². The molecule has 0 aromatic heterocycles. The van der Waals surface area contributed by atoms with E-state index < -0.39 is 0 Å². The van der Waals surface area contributed by atoms with Gasteiger partial charge in [0.15, 0.2) is 0 Å². The minimum atomic E-state index is 0.467. The fraction of sp³-hybridized carbons (Fsp3) is 0.125. The topological polar surface area (TPSA) is 9.23 Å². The van der Waals surface area contributed by atoms with Crippen LogP contribution < -0.4 is 4.74 Å². The highest BCUT2D eigenvalue weighted by atomic mass is 32.1. The molecule has 0 radical (unpaired) electrons. The Bertz CT molecular complexity index is 1120. The lowest BCUT2D eigenvalue weighted by atomic mass is 10.1. The quantitative estimate of drug-likeness (QED) is 0.302. The molecular formula is C24H20OS. The first-order valence-electron chi connectivity index (χ1n) is 9.06. The van der Waals surface area contributed by atoms with Crippen molar-refractivity contribution in [3.8, 4) is 5.75 Å². The highest BCUT2D eigenvalue weighted by Crippen LogP contribution is 2.40. The first kappa shape index (κ1) is 15.7. The minimum absolute atomic E-state index is 0.467. The Morgan fingerprint density at radius 2 is 1.31 bits per heavy atom. The Balaban J connectivity index is 1.87. The van der Waals surface area contributed by atoms with E-state index in [9.17, 15) is 0 Å². The van der Waals surface area contributed by atoms with Crippen molar-refractivity contribution in [1.29, 1.82) is 0 Å². The van der Waals surface area contributed by atoms with Crippen molar-refractivity contribution >= 4 is 32.9 Å². The molecule has 0 amide bonds. The fourth-order valence-electron chi connectivity index (χ4n) is 3.79. The maximum atomic E-state index is 5.88. The molecule has 0 spiro atoms. The summed E-state index contributed by atoms with van der Waals surface area (Å²) in [7, 11) is 0. The third kappa shape index (κ3) is 2.71. The van der Waals surface area contributed by atoms with Crippen LogP contribution >= 0.6 is 11.4 Å². The molecule has 1 aliphatic heterocycles. The van der Waals surface area contributed by atoms with E-state index in [1.165, 1.54) is 43.0 Å². The van der Waals surface area contributed by atoms with Crippen molar-refractivity contribution in [3.05, 3.63) is 95.0 Å². The third-order valence-electron chi connectivity index (χ3n) is 5.09. The molecule has 26 heavy (non-hydrogen) atoms. The van der Waals surface area contributed by atoms with Gasteiger partial charge in [-0.25, -0.2) is 0 Å². The maximum absolute atomic E-state index is 5.88. The van der Waals surface area contributed by atoms with Crippen molar-refractivity contribution in [2.24, 2.45) is 0 Å². The van der Waals surface area contributed by atoms with Gasteiger partial charge >= 0.3 is 0 Å². The molecule has 0 bridgehead atoms. The van der Waals surface area contributed by atoms with Crippen molar-refractivity contribution in [2.75, 3.05) is 6.61 Å². The normalized spacial score (nSPS) is 16.2. The van der Waals surface area contributed by atoms with Crippen LogP contribution in [0.3, 0.4) is 0 Å². The summed E-state index contributed by atoms with van der Waals surface area (Å²) in [6.07, 6.45) is 1.06. The van der Waals surface area contributed by atoms with E-state index in [2.05, 4.69) is 84.9 Å². The van der Waals surface area contributed by atoms with Gasteiger partial charge in [-0.1, -0.05) is 78.9 Å². The van der Waals surface area contributed by atoms with Gasteiger partial charge < -0.3 is 4.74 Å². The van der Waals surface area contributed by atoms with Crippen molar-refractivity contribution in [2.45, 2.75) is 11.7 Å². The minimum Gasteiger partial charge on any atom is -0.493 e. The van der Waals surface area contributed by atoms with E-state index in [0.29, 0.717) is 5.25 Å². The highest BCUT2D eigenvalue weighted by molar-refractivity contribution is 7.91. The molecule has 1 nitrogen and oxygen atoms in total. The molecule has 1 atom stereocenters. The number of fused-ring (bicyclic) bond motifs is 3. The van der Waals surface area contributed by atoms with Crippen LogP contribution in [0.5, 0.6) is 5.75 Å². The number of benzene rings is 3. The lowest BCUT2D eigenvalue weighted by Gasteiger charge is -2.23. The lowest BCUT2D eigenvalue weighted by molar-refractivity contribution is 0.286. The molecule has 2 heteroatoms. The van der Waals surface area contributed by atoms with Gasteiger partial charge in [-0.15, -0.1) is 0 Å². The molecule has 0 aliphatic carbocycles. The zero-order chi connectivity index (χ0) is 17.3. The first-order valence-corrected chi connectivity index (χ1v) is 10.0. The second-order valence-electron chi connectivity index (χ2n) is 6.68. The Morgan fingerprint density at radius 1 is 0.692 bits per heavy atom. The number of ether oxygens (including phenoxy) is 1. The summed E-state index contributed by atoms with van der Waals surface area (Å²) >= 11 is 1.35. The summed E-state index contributed by atoms with van der Waals surface area (Å²) in [6, 6.07) is 30.5. The standard InChI is InChI=1S/C24H20OS/c1-3-9-19-17(7-1)13-14-18-8-2-4-10-20(18)24(19)26-23-15-16-25-22-12-6-5-11-21(22)23/h1-14,23,26H,15-16H2. The van der Waals surface area contributed by atoms with E-state index in [1.807, 2.05) is 0 Å². The van der Waals surface area contributed by atoms with Gasteiger partial charge in [-0.3, -0.25) is 0 Å². The molecule has 1 aliphatic rings. The van der Waals surface area contributed by atoms with E-state index in [-0.39, 0.29) is 0 Å². The first-order chi connectivity index (χ1) is 12.9. The van der Waals surface area contributed by atoms with Crippen LogP contribution in [0.15, 0.2) is 84.9 Å². The predicted octanol–water partition coefficient (Wildman–Crippen LogP) is 6.51. The second-order valence-corrected chi connectivity index (χ2v) is 8.01. The van der Waals surface area contributed by atoms with E-state index in [1.54, 1.807) is 0 Å². The Morgan fingerprint density at radius 3 is 2.04 bits per heavy atom. The summed E-state index contributed by atoms with van der Waals surface area (Å²) in [4.78, 5) is 0. The van der Waals surface area contributed by atoms with Crippen molar-refractivity contribution < 1.29 is 4.74 Å². The SMILES string of the molecule is c1ccc2c(c1)OCCC2[SH]=c1c2ccccc2ccc2ccccc12. The summed E-state index contributed by atoms with van der Waals surface area (Å²) in [5.41, 5.74) is 1.33. The average molecular weight is 356 g/mol. The average Bonchev–Trinajstić information content (AvgIpc) is 2.86. The van der Waals surface area contributed by atoms with Crippen LogP contribution in [0.4, 0.5) is 0 Å². The summed E-state index contributed by atoms with van der Waals surface area (Å²) in [5, 5.41) is 5.76. The van der Waals surface area contributed by atoms with Gasteiger partial charge in [-0.05, 0) is 34.0 Å². The third-order valence-corrected chi connectivity index (χ3v) is 6.67. The van der Waals surface area contributed by atoms with Gasteiger partial charge in [-0.2, -0.15) is 11.4 Å². The number of para-hydroxylation sites is 1. The molecule has 1 unspecified atom stereocenters. The fourth-order valence-corrected chi connectivity index (χ4v) is 5.38. The van der Waals surface area contributed by atoms with Crippen molar-refractivity contribution in [3.63, 3.8) is 0 Å². The highest BCUT2D eigenvalue weighted by Gasteiger charge is 2.19. The molecule has 4 aromatic rings. The molecule has 5 rings (SSSR count). The number of hydrogen-bond donors (Lipinski definition) is 1. The smallest absolute Gasteiger partial charge is 0.123 e. The number of thiol groups is 1. The van der Waals surface area contributed by atoms with Crippen molar-refractivity contribution in [1.82, 2.24) is 0 Å². The van der Waals surface area contributed by atoms with Gasteiger partial charge in [0.05, 0.1) is 6.61 Å².